The number of nitriles is 1. The zero-order valence-corrected chi connectivity index (χ0v) is 8.06. The summed E-state index contributed by atoms with van der Waals surface area (Å²) in [6.07, 6.45) is 0.412. The Balaban J connectivity index is 2.36. The van der Waals surface area contributed by atoms with Crippen LogP contribution in [0.15, 0.2) is 18.2 Å². The Labute approximate surface area is 87.3 Å². The molecule has 4 heteroatoms. The second-order valence-corrected chi connectivity index (χ2v) is 3.45. The van der Waals surface area contributed by atoms with Gasteiger partial charge in [-0.25, -0.2) is 4.79 Å². The van der Waals surface area contributed by atoms with Crippen LogP contribution in [0.3, 0.4) is 0 Å². The molecule has 0 heterocycles. The van der Waals surface area contributed by atoms with Crippen LogP contribution in [0.4, 0.5) is 4.79 Å². The number of amides is 1. The van der Waals surface area contributed by atoms with Crippen molar-refractivity contribution in [3.05, 3.63) is 34.9 Å². The minimum Gasteiger partial charge on any atom is -0.441 e. The van der Waals surface area contributed by atoms with E-state index in [1.807, 2.05) is 6.07 Å². The molecule has 1 aromatic rings. The van der Waals surface area contributed by atoms with E-state index < -0.39 is 6.09 Å². The molecule has 0 aromatic heterocycles. The minimum absolute atomic E-state index is 0.286. The maximum absolute atomic E-state index is 10.7. The van der Waals surface area contributed by atoms with Crippen LogP contribution in [0.25, 0.3) is 0 Å². The number of ether oxygens (including phenoxy) is 1. The molecule has 15 heavy (non-hydrogen) atoms. The van der Waals surface area contributed by atoms with E-state index in [1.165, 1.54) is 0 Å². The van der Waals surface area contributed by atoms with Gasteiger partial charge in [0.15, 0.2) is 0 Å². The van der Waals surface area contributed by atoms with Gasteiger partial charge in [0, 0.05) is 0 Å². The number of fused-ring (bicyclic) bond motifs is 1. The molecule has 0 saturated carbocycles. The normalized spacial score (nSPS) is 17.9. The molecule has 0 radical (unpaired) electrons. The van der Waals surface area contributed by atoms with Gasteiger partial charge in [0.05, 0.1) is 11.6 Å². The molecule has 4 nitrogen and oxygen atoms in total. The summed E-state index contributed by atoms with van der Waals surface area (Å²) >= 11 is 0. The number of nitrogens with zero attached hydrogens (tertiary/aromatic N) is 1. The second kappa shape index (κ2) is 3.62. The lowest BCUT2D eigenvalue weighted by Gasteiger charge is -2.10. The van der Waals surface area contributed by atoms with Crippen LogP contribution < -0.4 is 5.73 Å². The SMILES string of the molecule is N#Cc1cccc2c1CCC2OC(N)=O. The minimum atomic E-state index is -0.768. The number of rotatable bonds is 1. The molecular weight excluding hydrogens is 192 g/mol. The zero-order chi connectivity index (χ0) is 10.8. The molecule has 0 fully saturated rings. The van der Waals surface area contributed by atoms with Crippen LogP contribution in [0.1, 0.15) is 29.2 Å². The van der Waals surface area contributed by atoms with E-state index >= 15 is 0 Å². The molecule has 0 aliphatic heterocycles. The van der Waals surface area contributed by atoms with Crippen molar-refractivity contribution in [1.29, 1.82) is 5.26 Å². The number of hydrogen-bond acceptors (Lipinski definition) is 3. The van der Waals surface area contributed by atoms with Gasteiger partial charge in [0.1, 0.15) is 6.10 Å². The highest BCUT2D eigenvalue weighted by Gasteiger charge is 2.26. The summed E-state index contributed by atoms with van der Waals surface area (Å²) in [6.45, 7) is 0. The lowest BCUT2D eigenvalue weighted by Crippen LogP contribution is -2.15. The number of nitrogens with two attached hydrogens (primary N) is 1. The lowest BCUT2D eigenvalue weighted by molar-refractivity contribution is 0.107. The van der Waals surface area contributed by atoms with Crippen LogP contribution in [0.2, 0.25) is 0 Å². The Hall–Kier alpha value is -2.02. The highest BCUT2D eigenvalue weighted by molar-refractivity contribution is 5.65. The van der Waals surface area contributed by atoms with E-state index in [1.54, 1.807) is 12.1 Å². The Kier molecular flexibility index (Phi) is 2.30. The Bertz CT molecular complexity index is 448. The summed E-state index contributed by atoms with van der Waals surface area (Å²) in [5.41, 5.74) is 7.52. The van der Waals surface area contributed by atoms with Crippen LogP contribution in [0, 0.1) is 11.3 Å². The molecule has 1 aliphatic carbocycles. The van der Waals surface area contributed by atoms with Crippen molar-refractivity contribution in [2.75, 3.05) is 0 Å². The standard InChI is InChI=1S/C11H10N2O2/c12-6-7-2-1-3-9-8(7)4-5-10(9)15-11(13)14/h1-3,10H,4-5H2,(H2,13,14). The Morgan fingerprint density at radius 3 is 3.07 bits per heavy atom. The monoisotopic (exact) mass is 202 g/mol. The van der Waals surface area contributed by atoms with Gasteiger partial charge in [0.25, 0.3) is 0 Å². The van der Waals surface area contributed by atoms with E-state index in [4.69, 9.17) is 15.7 Å². The fourth-order valence-electron chi connectivity index (χ4n) is 1.98. The first-order chi connectivity index (χ1) is 7.22. The van der Waals surface area contributed by atoms with E-state index in [0.717, 1.165) is 17.5 Å². The quantitative estimate of drug-likeness (QED) is 0.752. The zero-order valence-electron chi connectivity index (χ0n) is 8.06. The number of carbonyl (C=O) groups excluding carboxylic acids is 1. The molecule has 2 rings (SSSR count). The molecule has 0 saturated heterocycles. The van der Waals surface area contributed by atoms with Crippen molar-refractivity contribution in [2.24, 2.45) is 5.73 Å². The number of primary amides is 1. The lowest BCUT2D eigenvalue weighted by atomic mass is 10.0. The third-order valence-electron chi connectivity index (χ3n) is 2.59. The van der Waals surface area contributed by atoms with Crippen molar-refractivity contribution < 1.29 is 9.53 Å². The first kappa shape index (κ1) is 9.53. The second-order valence-electron chi connectivity index (χ2n) is 3.45. The fourth-order valence-corrected chi connectivity index (χ4v) is 1.98. The Morgan fingerprint density at radius 1 is 1.60 bits per heavy atom. The first-order valence-corrected chi connectivity index (χ1v) is 4.70. The highest BCUT2D eigenvalue weighted by Crippen LogP contribution is 2.35. The number of benzene rings is 1. The predicted octanol–water partition coefficient (Wildman–Crippen LogP) is 1.64. The summed E-state index contributed by atoms with van der Waals surface area (Å²) in [4.78, 5) is 10.7. The van der Waals surface area contributed by atoms with Gasteiger partial charge in [-0.1, -0.05) is 12.1 Å². The molecule has 2 N–H and O–H groups in total. The van der Waals surface area contributed by atoms with Crippen LogP contribution >= 0.6 is 0 Å². The van der Waals surface area contributed by atoms with E-state index in [2.05, 4.69) is 6.07 Å². The Morgan fingerprint density at radius 2 is 2.40 bits per heavy atom. The molecule has 1 aliphatic rings. The molecule has 76 valence electrons. The van der Waals surface area contributed by atoms with E-state index in [-0.39, 0.29) is 6.10 Å². The third kappa shape index (κ3) is 1.64. The molecule has 1 aromatic carbocycles. The van der Waals surface area contributed by atoms with Gasteiger partial charge in [-0.3, -0.25) is 0 Å². The number of hydrogen-bond donors (Lipinski definition) is 1. The maximum atomic E-state index is 10.7. The topological polar surface area (TPSA) is 76.1 Å². The van der Waals surface area contributed by atoms with E-state index in [0.29, 0.717) is 12.0 Å². The van der Waals surface area contributed by atoms with Crippen LogP contribution in [-0.2, 0) is 11.2 Å². The summed E-state index contributed by atoms with van der Waals surface area (Å²) < 4.78 is 4.97. The summed E-state index contributed by atoms with van der Waals surface area (Å²) in [6, 6.07) is 7.56. The van der Waals surface area contributed by atoms with Crippen molar-refractivity contribution in [1.82, 2.24) is 0 Å². The average Bonchev–Trinajstić information content (AvgIpc) is 2.61. The van der Waals surface area contributed by atoms with Crippen molar-refractivity contribution >= 4 is 6.09 Å². The van der Waals surface area contributed by atoms with Crippen LogP contribution in [-0.4, -0.2) is 6.09 Å². The largest absolute Gasteiger partial charge is 0.441 e. The van der Waals surface area contributed by atoms with Crippen molar-refractivity contribution in [3.8, 4) is 6.07 Å². The summed E-state index contributed by atoms with van der Waals surface area (Å²) in [5.74, 6) is 0. The van der Waals surface area contributed by atoms with Crippen molar-refractivity contribution in [2.45, 2.75) is 18.9 Å². The molecule has 1 atom stereocenters. The third-order valence-corrected chi connectivity index (χ3v) is 2.59. The van der Waals surface area contributed by atoms with Crippen molar-refractivity contribution in [3.63, 3.8) is 0 Å². The maximum Gasteiger partial charge on any atom is 0.405 e. The summed E-state index contributed by atoms with van der Waals surface area (Å²) in [7, 11) is 0. The van der Waals surface area contributed by atoms with E-state index in [9.17, 15) is 4.79 Å². The van der Waals surface area contributed by atoms with Gasteiger partial charge in [-0.2, -0.15) is 5.26 Å². The predicted molar refractivity (Wildman–Crippen MR) is 52.9 cm³/mol. The smallest absolute Gasteiger partial charge is 0.405 e. The molecule has 0 bridgehead atoms. The first-order valence-electron chi connectivity index (χ1n) is 4.70. The van der Waals surface area contributed by atoms with Gasteiger partial charge >= 0.3 is 6.09 Å². The van der Waals surface area contributed by atoms with Gasteiger partial charge < -0.3 is 10.5 Å². The molecule has 1 amide bonds. The highest BCUT2D eigenvalue weighted by atomic mass is 16.6. The van der Waals surface area contributed by atoms with Crippen LogP contribution in [0.5, 0.6) is 0 Å². The molecule has 1 unspecified atom stereocenters. The molecular formula is C11H10N2O2. The van der Waals surface area contributed by atoms with Gasteiger partial charge in [-0.15, -0.1) is 0 Å². The number of carbonyl (C=O) groups is 1. The van der Waals surface area contributed by atoms with Gasteiger partial charge in [0.2, 0.25) is 0 Å². The molecule has 0 spiro atoms. The summed E-state index contributed by atoms with van der Waals surface area (Å²) in [5, 5.41) is 8.89. The fraction of sp³-hybridized carbons (Fsp3) is 0.273. The average molecular weight is 202 g/mol. The van der Waals surface area contributed by atoms with Gasteiger partial charge in [-0.05, 0) is 30.0 Å².